The van der Waals surface area contributed by atoms with E-state index >= 15 is 0 Å². The van der Waals surface area contributed by atoms with Crippen LogP contribution in [0.4, 0.5) is 0 Å². The first-order chi connectivity index (χ1) is 15.1. The Morgan fingerprint density at radius 3 is 2.35 bits per heavy atom. The molecule has 0 fully saturated rings. The summed E-state index contributed by atoms with van der Waals surface area (Å²) in [7, 11) is 4.60. The summed E-state index contributed by atoms with van der Waals surface area (Å²) in [6.07, 6.45) is 3.89. The van der Waals surface area contributed by atoms with Gasteiger partial charge in [0.25, 0.3) is 5.91 Å². The van der Waals surface area contributed by atoms with Crippen LogP contribution in [-0.2, 0) is 13.0 Å². The molecule has 0 spiro atoms. The van der Waals surface area contributed by atoms with Gasteiger partial charge in [-0.15, -0.1) is 0 Å². The number of imidazole rings is 1. The summed E-state index contributed by atoms with van der Waals surface area (Å²) in [5, 5.41) is 2.97. The van der Waals surface area contributed by atoms with Crippen molar-refractivity contribution in [1.82, 2.24) is 14.9 Å². The molecular weight excluding hydrogens is 394 g/mol. The molecule has 1 heterocycles. The second-order valence-corrected chi connectivity index (χ2v) is 7.24. The van der Waals surface area contributed by atoms with Crippen LogP contribution in [0.15, 0.2) is 36.4 Å². The maximum absolute atomic E-state index is 12.5. The molecule has 0 atom stereocenters. The van der Waals surface area contributed by atoms with E-state index in [9.17, 15) is 4.79 Å². The molecule has 7 nitrogen and oxygen atoms in total. The van der Waals surface area contributed by atoms with Gasteiger partial charge >= 0.3 is 0 Å². The lowest BCUT2D eigenvalue weighted by Gasteiger charge is -2.14. The molecule has 0 radical (unpaired) electrons. The number of nitrogens with zero attached hydrogens (tertiary/aromatic N) is 2. The monoisotopic (exact) mass is 425 g/mol. The Morgan fingerprint density at radius 1 is 1.00 bits per heavy atom. The van der Waals surface area contributed by atoms with E-state index in [-0.39, 0.29) is 5.91 Å². The lowest BCUT2D eigenvalue weighted by atomic mass is 10.1. The predicted molar refractivity (Wildman–Crippen MR) is 121 cm³/mol. The van der Waals surface area contributed by atoms with E-state index in [1.54, 1.807) is 12.1 Å². The lowest BCUT2D eigenvalue weighted by molar-refractivity contribution is 0.0952. The van der Waals surface area contributed by atoms with Gasteiger partial charge in [-0.2, -0.15) is 0 Å². The van der Waals surface area contributed by atoms with Crippen molar-refractivity contribution in [2.45, 2.75) is 39.2 Å². The van der Waals surface area contributed by atoms with E-state index in [1.165, 1.54) is 26.8 Å². The van der Waals surface area contributed by atoms with Crippen LogP contribution in [0, 0.1) is 0 Å². The van der Waals surface area contributed by atoms with Crippen LogP contribution in [-0.4, -0.2) is 43.3 Å². The van der Waals surface area contributed by atoms with E-state index in [0.717, 1.165) is 43.6 Å². The molecule has 1 N–H and O–H groups in total. The van der Waals surface area contributed by atoms with E-state index in [1.807, 2.05) is 6.07 Å². The van der Waals surface area contributed by atoms with Crippen LogP contribution < -0.4 is 19.5 Å². The van der Waals surface area contributed by atoms with Crippen LogP contribution >= 0.6 is 0 Å². The standard InChI is InChI=1S/C24H31N3O4/c1-5-27-19-12-9-8-11-18(19)26-22(27)13-7-6-10-14-25-24(28)17-15-20(29-2)23(31-4)21(16-17)30-3/h8-9,11-12,15-16H,5-7,10,13-14H2,1-4H3,(H,25,28). The molecule has 0 aliphatic carbocycles. The van der Waals surface area contributed by atoms with Gasteiger partial charge in [0.2, 0.25) is 5.75 Å². The Morgan fingerprint density at radius 2 is 1.71 bits per heavy atom. The number of hydrogen-bond donors (Lipinski definition) is 1. The maximum atomic E-state index is 12.5. The van der Waals surface area contributed by atoms with Gasteiger partial charge in [0.05, 0.1) is 32.4 Å². The number of carbonyl (C=O) groups is 1. The molecular formula is C24H31N3O4. The number of aryl methyl sites for hydroxylation is 2. The number of unbranched alkanes of at least 4 members (excludes halogenated alkanes) is 2. The van der Waals surface area contributed by atoms with Gasteiger partial charge in [-0.25, -0.2) is 4.98 Å². The first kappa shape index (κ1) is 22.5. The Hall–Kier alpha value is -3.22. The normalized spacial score (nSPS) is 10.8. The van der Waals surface area contributed by atoms with Gasteiger partial charge in [0.1, 0.15) is 5.82 Å². The van der Waals surface area contributed by atoms with Crippen molar-refractivity contribution < 1.29 is 19.0 Å². The number of rotatable bonds is 11. The van der Waals surface area contributed by atoms with Crippen molar-refractivity contribution in [2.24, 2.45) is 0 Å². The largest absolute Gasteiger partial charge is 0.493 e. The topological polar surface area (TPSA) is 74.6 Å². The molecule has 0 unspecified atom stereocenters. The molecule has 31 heavy (non-hydrogen) atoms. The minimum atomic E-state index is -0.160. The zero-order chi connectivity index (χ0) is 22.2. The molecule has 0 aliphatic rings. The number of fused-ring (bicyclic) bond motifs is 1. The predicted octanol–water partition coefficient (Wildman–Crippen LogP) is 4.22. The first-order valence-electron chi connectivity index (χ1n) is 10.6. The number of nitrogens with one attached hydrogen (secondary N) is 1. The minimum absolute atomic E-state index is 0.160. The third kappa shape index (κ3) is 5.10. The van der Waals surface area contributed by atoms with Gasteiger partial charge in [0.15, 0.2) is 11.5 Å². The van der Waals surface area contributed by atoms with Crippen molar-refractivity contribution in [1.29, 1.82) is 0 Å². The van der Waals surface area contributed by atoms with Crippen molar-refractivity contribution in [3.8, 4) is 17.2 Å². The molecule has 0 bridgehead atoms. The average molecular weight is 426 g/mol. The van der Waals surface area contributed by atoms with Gasteiger partial charge in [-0.3, -0.25) is 4.79 Å². The third-order valence-corrected chi connectivity index (χ3v) is 5.34. The molecule has 2 aromatic carbocycles. The molecule has 1 amide bonds. The average Bonchev–Trinajstić information content (AvgIpc) is 3.17. The lowest BCUT2D eigenvalue weighted by Crippen LogP contribution is -2.24. The molecule has 1 aromatic heterocycles. The van der Waals surface area contributed by atoms with E-state index < -0.39 is 0 Å². The number of benzene rings is 2. The number of hydrogen-bond acceptors (Lipinski definition) is 5. The minimum Gasteiger partial charge on any atom is -0.493 e. The number of carbonyl (C=O) groups excluding carboxylic acids is 1. The molecule has 0 saturated heterocycles. The summed E-state index contributed by atoms with van der Waals surface area (Å²) in [6, 6.07) is 11.6. The zero-order valence-electron chi connectivity index (χ0n) is 18.7. The van der Waals surface area contributed by atoms with Crippen LogP contribution in [0.25, 0.3) is 11.0 Å². The second kappa shape index (κ2) is 10.7. The smallest absolute Gasteiger partial charge is 0.251 e. The Balaban J connectivity index is 1.49. The van der Waals surface area contributed by atoms with Crippen LogP contribution in [0.5, 0.6) is 17.2 Å². The van der Waals surface area contributed by atoms with Crippen LogP contribution in [0.2, 0.25) is 0 Å². The van der Waals surface area contributed by atoms with E-state index in [4.69, 9.17) is 19.2 Å². The fourth-order valence-electron chi connectivity index (χ4n) is 3.77. The number of amides is 1. The quantitative estimate of drug-likeness (QED) is 0.466. The highest BCUT2D eigenvalue weighted by Gasteiger charge is 2.16. The fraction of sp³-hybridized carbons (Fsp3) is 0.417. The fourth-order valence-corrected chi connectivity index (χ4v) is 3.77. The van der Waals surface area contributed by atoms with Crippen LogP contribution in [0.1, 0.15) is 42.4 Å². The maximum Gasteiger partial charge on any atom is 0.251 e. The Labute approximate surface area is 183 Å². The summed E-state index contributed by atoms with van der Waals surface area (Å²) in [5.41, 5.74) is 2.72. The Bertz CT molecular complexity index is 1000. The van der Waals surface area contributed by atoms with Crippen molar-refractivity contribution in [2.75, 3.05) is 27.9 Å². The highest BCUT2D eigenvalue weighted by Crippen LogP contribution is 2.38. The highest BCUT2D eigenvalue weighted by molar-refractivity contribution is 5.95. The second-order valence-electron chi connectivity index (χ2n) is 7.24. The number of aromatic nitrogens is 2. The van der Waals surface area contributed by atoms with Gasteiger partial charge < -0.3 is 24.1 Å². The number of para-hydroxylation sites is 2. The molecule has 7 heteroatoms. The number of ether oxygens (including phenoxy) is 3. The van der Waals surface area contributed by atoms with Crippen LogP contribution in [0.3, 0.4) is 0 Å². The summed E-state index contributed by atoms with van der Waals surface area (Å²) >= 11 is 0. The van der Waals surface area contributed by atoms with E-state index in [2.05, 4.69) is 35.0 Å². The van der Waals surface area contributed by atoms with Gasteiger partial charge in [0, 0.05) is 25.1 Å². The summed E-state index contributed by atoms with van der Waals surface area (Å²) in [6.45, 7) is 3.68. The summed E-state index contributed by atoms with van der Waals surface area (Å²) < 4.78 is 18.2. The van der Waals surface area contributed by atoms with Gasteiger partial charge in [-0.05, 0) is 44.0 Å². The summed E-state index contributed by atoms with van der Waals surface area (Å²) in [4.78, 5) is 17.3. The third-order valence-electron chi connectivity index (χ3n) is 5.34. The first-order valence-corrected chi connectivity index (χ1v) is 10.6. The summed E-state index contributed by atoms with van der Waals surface area (Å²) in [5.74, 6) is 2.37. The molecule has 0 saturated carbocycles. The zero-order valence-corrected chi connectivity index (χ0v) is 18.7. The van der Waals surface area contributed by atoms with Crippen molar-refractivity contribution in [3.05, 3.63) is 47.8 Å². The van der Waals surface area contributed by atoms with Gasteiger partial charge in [-0.1, -0.05) is 18.6 Å². The molecule has 3 aromatic rings. The van der Waals surface area contributed by atoms with Crippen molar-refractivity contribution >= 4 is 16.9 Å². The SMILES string of the molecule is CCn1c(CCCCCNC(=O)c2cc(OC)c(OC)c(OC)c2)nc2ccccc21. The number of methoxy groups -OCH3 is 3. The molecule has 3 rings (SSSR count). The van der Waals surface area contributed by atoms with E-state index in [0.29, 0.717) is 29.4 Å². The van der Waals surface area contributed by atoms with Crippen molar-refractivity contribution in [3.63, 3.8) is 0 Å². The highest BCUT2D eigenvalue weighted by atomic mass is 16.5. The molecule has 166 valence electrons. The molecule has 0 aliphatic heterocycles. The Kier molecular flexibility index (Phi) is 7.76.